The van der Waals surface area contributed by atoms with Crippen LogP contribution in [-0.4, -0.2) is 5.11 Å². The molecule has 19 heavy (non-hydrogen) atoms. The molecule has 100 valence electrons. The van der Waals surface area contributed by atoms with Crippen molar-refractivity contribution in [1.82, 2.24) is 0 Å². The molecule has 1 heteroatoms. The monoisotopic (exact) mass is 254 g/mol. The molecule has 1 unspecified atom stereocenters. The molecule has 0 saturated carbocycles. The zero-order valence-electron chi connectivity index (χ0n) is 12.2. The number of rotatable bonds is 3. The summed E-state index contributed by atoms with van der Waals surface area (Å²) in [5.41, 5.74) is 7.16. The largest absolute Gasteiger partial charge is 0.388 e. The molecule has 0 spiro atoms. The molecular formula is C18H22O. The molecule has 2 rings (SSSR count). The van der Waals surface area contributed by atoms with Gasteiger partial charge in [-0.3, -0.25) is 0 Å². The Bertz CT molecular complexity index is 584. The molecule has 0 bridgehead atoms. The van der Waals surface area contributed by atoms with Gasteiger partial charge in [-0.05, 0) is 55.5 Å². The maximum atomic E-state index is 10.5. The normalized spacial score (nSPS) is 12.5. The SMILES string of the molecule is Cc1cccc(CC(O)c2cc(C)c(C)cc2C)c1. The van der Waals surface area contributed by atoms with E-state index in [1.807, 2.05) is 6.07 Å². The molecule has 0 aliphatic rings. The van der Waals surface area contributed by atoms with Gasteiger partial charge in [0.15, 0.2) is 0 Å². The molecule has 1 N–H and O–H groups in total. The lowest BCUT2D eigenvalue weighted by Crippen LogP contribution is -2.05. The summed E-state index contributed by atoms with van der Waals surface area (Å²) in [6, 6.07) is 12.6. The molecule has 0 heterocycles. The van der Waals surface area contributed by atoms with E-state index in [1.165, 1.54) is 27.8 Å². The zero-order valence-corrected chi connectivity index (χ0v) is 12.2. The summed E-state index contributed by atoms with van der Waals surface area (Å²) in [5.74, 6) is 0. The van der Waals surface area contributed by atoms with Crippen molar-refractivity contribution in [1.29, 1.82) is 0 Å². The van der Waals surface area contributed by atoms with Crippen LogP contribution in [0.15, 0.2) is 36.4 Å². The van der Waals surface area contributed by atoms with Gasteiger partial charge in [0.25, 0.3) is 0 Å². The topological polar surface area (TPSA) is 20.2 Å². The molecule has 0 fully saturated rings. The molecule has 1 atom stereocenters. The first-order valence-electron chi connectivity index (χ1n) is 6.78. The summed E-state index contributed by atoms with van der Waals surface area (Å²) in [5, 5.41) is 10.5. The maximum absolute atomic E-state index is 10.5. The summed E-state index contributed by atoms with van der Waals surface area (Å²) in [6.45, 7) is 8.36. The molecule has 1 nitrogen and oxygen atoms in total. The van der Waals surface area contributed by atoms with Crippen molar-refractivity contribution < 1.29 is 5.11 Å². The Hall–Kier alpha value is -1.60. The highest BCUT2D eigenvalue weighted by atomic mass is 16.3. The van der Waals surface area contributed by atoms with Crippen LogP contribution in [0.2, 0.25) is 0 Å². The maximum Gasteiger partial charge on any atom is 0.0833 e. The minimum atomic E-state index is -0.430. The van der Waals surface area contributed by atoms with Crippen LogP contribution in [0.25, 0.3) is 0 Å². The van der Waals surface area contributed by atoms with E-state index in [0.717, 1.165) is 5.56 Å². The fourth-order valence-corrected chi connectivity index (χ4v) is 2.51. The fraction of sp³-hybridized carbons (Fsp3) is 0.333. The highest BCUT2D eigenvalue weighted by Crippen LogP contribution is 2.24. The zero-order chi connectivity index (χ0) is 14.0. The smallest absolute Gasteiger partial charge is 0.0833 e. The van der Waals surface area contributed by atoms with Crippen molar-refractivity contribution in [3.05, 3.63) is 69.8 Å². The number of hydrogen-bond donors (Lipinski definition) is 1. The lowest BCUT2D eigenvalue weighted by Gasteiger charge is -2.16. The first-order chi connectivity index (χ1) is 8.97. The molecule has 2 aromatic rings. The Balaban J connectivity index is 2.25. The number of aliphatic hydroxyl groups is 1. The second-order valence-electron chi connectivity index (χ2n) is 5.50. The van der Waals surface area contributed by atoms with E-state index in [1.54, 1.807) is 0 Å². The van der Waals surface area contributed by atoms with Gasteiger partial charge in [0, 0.05) is 6.42 Å². The number of hydrogen-bond acceptors (Lipinski definition) is 1. The van der Waals surface area contributed by atoms with Gasteiger partial charge in [-0.25, -0.2) is 0 Å². The number of aryl methyl sites for hydroxylation is 4. The van der Waals surface area contributed by atoms with E-state index >= 15 is 0 Å². The average molecular weight is 254 g/mol. The standard InChI is InChI=1S/C18H22O/c1-12-6-5-7-16(8-12)11-18(19)17-10-14(3)13(2)9-15(17)4/h5-10,18-19H,11H2,1-4H3. The highest BCUT2D eigenvalue weighted by Gasteiger charge is 2.12. The lowest BCUT2D eigenvalue weighted by atomic mass is 9.93. The Morgan fingerprint density at radius 1 is 0.895 bits per heavy atom. The third-order valence-corrected chi connectivity index (χ3v) is 3.75. The van der Waals surface area contributed by atoms with Gasteiger partial charge in [0.2, 0.25) is 0 Å². The van der Waals surface area contributed by atoms with Gasteiger partial charge in [-0.2, -0.15) is 0 Å². The molecule has 0 radical (unpaired) electrons. The Kier molecular flexibility index (Phi) is 4.06. The predicted octanol–water partition coefficient (Wildman–Crippen LogP) is 4.20. The highest BCUT2D eigenvalue weighted by molar-refractivity contribution is 5.38. The van der Waals surface area contributed by atoms with Crippen LogP contribution in [0.1, 0.15) is 39.5 Å². The number of aliphatic hydroxyl groups excluding tert-OH is 1. The quantitative estimate of drug-likeness (QED) is 0.870. The molecule has 0 aromatic heterocycles. The van der Waals surface area contributed by atoms with Crippen LogP contribution in [0.5, 0.6) is 0 Å². The van der Waals surface area contributed by atoms with Crippen molar-refractivity contribution in [2.45, 2.75) is 40.2 Å². The van der Waals surface area contributed by atoms with Crippen LogP contribution in [0, 0.1) is 27.7 Å². The van der Waals surface area contributed by atoms with E-state index in [4.69, 9.17) is 0 Å². The van der Waals surface area contributed by atoms with Gasteiger partial charge in [0.05, 0.1) is 6.10 Å². The van der Waals surface area contributed by atoms with Crippen molar-refractivity contribution in [2.75, 3.05) is 0 Å². The summed E-state index contributed by atoms with van der Waals surface area (Å²) < 4.78 is 0. The van der Waals surface area contributed by atoms with Gasteiger partial charge in [-0.15, -0.1) is 0 Å². The lowest BCUT2D eigenvalue weighted by molar-refractivity contribution is 0.177. The van der Waals surface area contributed by atoms with Crippen molar-refractivity contribution >= 4 is 0 Å². The second kappa shape index (κ2) is 5.58. The first kappa shape index (κ1) is 13.8. The molecule has 0 amide bonds. The Morgan fingerprint density at radius 2 is 1.58 bits per heavy atom. The molecule has 0 saturated heterocycles. The van der Waals surface area contributed by atoms with Crippen LogP contribution in [0.3, 0.4) is 0 Å². The second-order valence-corrected chi connectivity index (χ2v) is 5.50. The summed E-state index contributed by atoms with van der Waals surface area (Å²) >= 11 is 0. The first-order valence-corrected chi connectivity index (χ1v) is 6.78. The minimum absolute atomic E-state index is 0.430. The van der Waals surface area contributed by atoms with E-state index in [0.29, 0.717) is 6.42 Å². The minimum Gasteiger partial charge on any atom is -0.388 e. The van der Waals surface area contributed by atoms with Gasteiger partial charge in [-0.1, -0.05) is 42.0 Å². The van der Waals surface area contributed by atoms with E-state index < -0.39 is 6.10 Å². The third-order valence-electron chi connectivity index (χ3n) is 3.75. The van der Waals surface area contributed by atoms with Crippen molar-refractivity contribution in [2.24, 2.45) is 0 Å². The summed E-state index contributed by atoms with van der Waals surface area (Å²) in [7, 11) is 0. The summed E-state index contributed by atoms with van der Waals surface area (Å²) in [6.07, 6.45) is 0.242. The predicted molar refractivity (Wildman–Crippen MR) is 80.5 cm³/mol. The van der Waals surface area contributed by atoms with E-state index in [9.17, 15) is 5.11 Å². The molecule has 0 aliphatic heterocycles. The third kappa shape index (κ3) is 3.24. The Labute approximate surface area is 115 Å². The van der Waals surface area contributed by atoms with Gasteiger partial charge in [0.1, 0.15) is 0 Å². The fourth-order valence-electron chi connectivity index (χ4n) is 2.51. The number of benzene rings is 2. The van der Waals surface area contributed by atoms with Crippen LogP contribution in [0.4, 0.5) is 0 Å². The average Bonchev–Trinajstić information content (AvgIpc) is 2.33. The molecule has 0 aliphatic carbocycles. The van der Waals surface area contributed by atoms with Gasteiger partial charge >= 0.3 is 0 Å². The van der Waals surface area contributed by atoms with E-state index in [-0.39, 0.29) is 0 Å². The molecule has 2 aromatic carbocycles. The van der Waals surface area contributed by atoms with Crippen molar-refractivity contribution in [3.8, 4) is 0 Å². The molecular weight excluding hydrogens is 232 g/mol. The van der Waals surface area contributed by atoms with Crippen LogP contribution < -0.4 is 0 Å². The van der Waals surface area contributed by atoms with Crippen LogP contribution in [-0.2, 0) is 6.42 Å². The van der Waals surface area contributed by atoms with Crippen molar-refractivity contribution in [3.63, 3.8) is 0 Å². The summed E-state index contributed by atoms with van der Waals surface area (Å²) in [4.78, 5) is 0. The Morgan fingerprint density at radius 3 is 2.26 bits per heavy atom. The van der Waals surface area contributed by atoms with E-state index in [2.05, 4.69) is 58.0 Å². The van der Waals surface area contributed by atoms with Gasteiger partial charge < -0.3 is 5.11 Å². The van der Waals surface area contributed by atoms with Crippen LogP contribution >= 0.6 is 0 Å².